The van der Waals surface area contributed by atoms with Crippen LogP contribution in [0, 0.1) is 0 Å². The third-order valence-electron chi connectivity index (χ3n) is 3.16. The third-order valence-corrected chi connectivity index (χ3v) is 7.48. The minimum absolute atomic E-state index is 0.136. The van der Waals surface area contributed by atoms with Gasteiger partial charge in [-0.1, -0.05) is 6.92 Å². The Hall–Kier alpha value is -0.470. The van der Waals surface area contributed by atoms with E-state index in [4.69, 9.17) is 5.73 Å². The number of anilines is 2. The lowest BCUT2D eigenvalue weighted by molar-refractivity contribution is 0.595. The van der Waals surface area contributed by atoms with Gasteiger partial charge in [0.1, 0.15) is 9.90 Å². The standard InChI is InChI=1S/C11H19N3O2S3/c1-7(17-2)5-6-13-11-9(10(12)14-18-11)19(15,16)8-3-4-8/h7-8,13H,3-6H2,1-2H3,(H2,12,14). The molecule has 0 amide bonds. The summed E-state index contributed by atoms with van der Waals surface area (Å²) in [6, 6.07) is 0. The summed E-state index contributed by atoms with van der Waals surface area (Å²) in [5.41, 5.74) is 5.73. The molecule has 1 unspecified atom stereocenters. The van der Waals surface area contributed by atoms with Gasteiger partial charge in [0, 0.05) is 11.8 Å². The number of nitrogens with one attached hydrogen (secondary N) is 1. The fourth-order valence-electron chi connectivity index (χ4n) is 1.73. The highest BCUT2D eigenvalue weighted by Crippen LogP contribution is 2.40. The predicted octanol–water partition coefficient (Wildman–Crippen LogP) is 2.21. The van der Waals surface area contributed by atoms with Crippen LogP contribution in [0.1, 0.15) is 26.2 Å². The first-order chi connectivity index (χ1) is 8.96. The molecule has 1 saturated carbocycles. The maximum absolute atomic E-state index is 12.3. The van der Waals surface area contributed by atoms with Crippen molar-refractivity contribution < 1.29 is 8.42 Å². The molecule has 1 heterocycles. The number of hydrogen-bond acceptors (Lipinski definition) is 7. The highest BCUT2D eigenvalue weighted by Gasteiger charge is 2.40. The van der Waals surface area contributed by atoms with Gasteiger partial charge in [0.25, 0.3) is 0 Å². The van der Waals surface area contributed by atoms with Crippen molar-refractivity contribution in [3.63, 3.8) is 0 Å². The molecule has 1 aromatic heterocycles. The van der Waals surface area contributed by atoms with E-state index < -0.39 is 9.84 Å². The Labute approximate surface area is 122 Å². The molecular weight excluding hydrogens is 302 g/mol. The van der Waals surface area contributed by atoms with E-state index in [-0.39, 0.29) is 16.0 Å². The molecule has 0 aromatic carbocycles. The highest BCUT2D eigenvalue weighted by molar-refractivity contribution is 7.99. The second-order valence-electron chi connectivity index (χ2n) is 4.73. The lowest BCUT2D eigenvalue weighted by Gasteiger charge is -2.10. The third kappa shape index (κ3) is 3.35. The molecule has 0 aliphatic heterocycles. The molecule has 5 nitrogen and oxygen atoms in total. The van der Waals surface area contributed by atoms with Crippen LogP contribution in [0.3, 0.4) is 0 Å². The minimum Gasteiger partial charge on any atom is -0.382 e. The maximum Gasteiger partial charge on any atom is 0.187 e. The van der Waals surface area contributed by atoms with Gasteiger partial charge in [-0.15, -0.1) is 0 Å². The molecular formula is C11H19N3O2S3. The Balaban J connectivity index is 2.10. The van der Waals surface area contributed by atoms with Gasteiger partial charge in [0.2, 0.25) is 0 Å². The van der Waals surface area contributed by atoms with Crippen LogP contribution in [-0.4, -0.2) is 36.1 Å². The average molecular weight is 321 g/mol. The maximum atomic E-state index is 12.3. The fourth-order valence-corrected chi connectivity index (χ4v) is 5.00. The molecule has 1 atom stereocenters. The van der Waals surface area contributed by atoms with E-state index in [1.165, 1.54) is 0 Å². The van der Waals surface area contributed by atoms with Crippen molar-refractivity contribution in [1.29, 1.82) is 0 Å². The van der Waals surface area contributed by atoms with Crippen molar-refractivity contribution >= 4 is 44.0 Å². The van der Waals surface area contributed by atoms with Crippen molar-refractivity contribution in [3.8, 4) is 0 Å². The Bertz CT molecular complexity index is 537. The molecule has 3 N–H and O–H groups in total. The minimum atomic E-state index is -3.28. The molecule has 1 aliphatic carbocycles. The molecule has 0 bridgehead atoms. The van der Waals surface area contributed by atoms with Gasteiger partial charge in [-0.3, -0.25) is 0 Å². The monoisotopic (exact) mass is 321 g/mol. The van der Waals surface area contributed by atoms with Gasteiger partial charge in [0.15, 0.2) is 15.7 Å². The molecule has 1 fully saturated rings. The molecule has 19 heavy (non-hydrogen) atoms. The zero-order valence-corrected chi connectivity index (χ0v) is 13.5. The van der Waals surface area contributed by atoms with Gasteiger partial charge in [-0.05, 0) is 37.1 Å². The Morgan fingerprint density at radius 2 is 2.26 bits per heavy atom. The molecule has 2 rings (SSSR count). The van der Waals surface area contributed by atoms with E-state index in [0.29, 0.717) is 10.3 Å². The zero-order valence-electron chi connectivity index (χ0n) is 11.0. The number of nitrogens with zero attached hydrogens (tertiary/aromatic N) is 1. The van der Waals surface area contributed by atoms with Crippen molar-refractivity contribution in [1.82, 2.24) is 4.37 Å². The largest absolute Gasteiger partial charge is 0.382 e. The van der Waals surface area contributed by atoms with E-state index in [0.717, 1.165) is 37.3 Å². The summed E-state index contributed by atoms with van der Waals surface area (Å²) in [6.45, 7) is 2.88. The lowest BCUT2D eigenvalue weighted by atomic mass is 10.3. The number of aromatic nitrogens is 1. The fraction of sp³-hybridized carbons (Fsp3) is 0.727. The number of thioether (sulfide) groups is 1. The summed E-state index contributed by atoms with van der Waals surface area (Å²) < 4.78 is 28.6. The van der Waals surface area contributed by atoms with E-state index in [2.05, 4.69) is 22.9 Å². The second kappa shape index (κ2) is 5.88. The SMILES string of the molecule is CSC(C)CCNc1snc(N)c1S(=O)(=O)C1CC1. The molecule has 8 heteroatoms. The van der Waals surface area contributed by atoms with E-state index in [1.807, 2.05) is 0 Å². The van der Waals surface area contributed by atoms with Crippen LogP contribution in [0.4, 0.5) is 10.8 Å². The van der Waals surface area contributed by atoms with Gasteiger partial charge < -0.3 is 11.1 Å². The van der Waals surface area contributed by atoms with Crippen molar-refractivity contribution in [2.24, 2.45) is 0 Å². The molecule has 0 radical (unpaired) electrons. The first-order valence-electron chi connectivity index (χ1n) is 6.22. The van der Waals surface area contributed by atoms with E-state index in [1.54, 1.807) is 11.8 Å². The smallest absolute Gasteiger partial charge is 0.187 e. The number of nitrogen functional groups attached to an aromatic ring is 1. The summed E-state index contributed by atoms with van der Waals surface area (Å²) in [7, 11) is -3.28. The Morgan fingerprint density at radius 3 is 2.84 bits per heavy atom. The Kier molecular flexibility index (Phi) is 4.62. The molecule has 1 aliphatic rings. The molecule has 108 valence electrons. The summed E-state index contributed by atoms with van der Waals surface area (Å²) in [5, 5.41) is 4.06. The number of rotatable bonds is 7. The first-order valence-corrected chi connectivity index (χ1v) is 9.83. The number of nitrogens with two attached hydrogens (primary N) is 1. The first kappa shape index (κ1) is 14.9. The zero-order chi connectivity index (χ0) is 14.0. The van der Waals surface area contributed by atoms with Crippen LogP contribution in [0.15, 0.2) is 4.90 Å². The summed E-state index contributed by atoms with van der Waals surface area (Å²) in [6.07, 6.45) is 4.52. The average Bonchev–Trinajstić information content (AvgIpc) is 3.15. The summed E-state index contributed by atoms with van der Waals surface area (Å²) in [4.78, 5) is 0.219. The number of sulfone groups is 1. The molecule has 1 aromatic rings. The molecule has 0 saturated heterocycles. The van der Waals surface area contributed by atoms with Crippen LogP contribution in [-0.2, 0) is 9.84 Å². The summed E-state index contributed by atoms with van der Waals surface area (Å²) >= 11 is 2.93. The van der Waals surface area contributed by atoms with Crippen LogP contribution in [0.5, 0.6) is 0 Å². The summed E-state index contributed by atoms with van der Waals surface area (Å²) in [5.74, 6) is 0.136. The van der Waals surface area contributed by atoms with Gasteiger partial charge in [-0.25, -0.2) is 8.42 Å². The van der Waals surface area contributed by atoms with Gasteiger partial charge >= 0.3 is 0 Å². The van der Waals surface area contributed by atoms with Crippen LogP contribution in [0.25, 0.3) is 0 Å². The Morgan fingerprint density at radius 1 is 1.58 bits per heavy atom. The van der Waals surface area contributed by atoms with Gasteiger partial charge in [-0.2, -0.15) is 16.1 Å². The molecule has 0 spiro atoms. The van der Waals surface area contributed by atoms with Crippen LogP contribution >= 0.6 is 23.3 Å². The lowest BCUT2D eigenvalue weighted by Crippen LogP contribution is -2.13. The van der Waals surface area contributed by atoms with E-state index in [9.17, 15) is 8.42 Å². The quantitative estimate of drug-likeness (QED) is 0.801. The predicted molar refractivity (Wildman–Crippen MR) is 82.8 cm³/mol. The van der Waals surface area contributed by atoms with Crippen LogP contribution in [0.2, 0.25) is 0 Å². The van der Waals surface area contributed by atoms with Crippen molar-refractivity contribution in [2.45, 2.75) is 41.6 Å². The van der Waals surface area contributed by atoms with Gasteiger partial charge in [0.05, 0.1) is 5.25 Å². The van der Waals surface area contributed by atoms with Crippen molar-refractivity contribution in [2.75, 3.05) is 23.9 Å². The number of hydrogen-bond donors (Lipinski definition) is 2. The van der Waals surface area contributed by atoms with E-state index >= 15 is 0 Å². The normalized spacial score (nSPS) is 17.4. The van der Waals surface area contributed by atoms with Crippen molar-refractivity contribution in [3.05, 3.63) is 0 Å². The topological polar surface area (TPSA) is 85.1 Å². The second-order valence-corrected chi connectivity index (χ2v) is 8.95. The van der Waals surface area contributed by atoms with Crippen LogP contribution < -0.4 is 11.1 Å². The highest BCUT2D eigenvalue weighted by atomic mass is 32.2.